The maximum atomic E-state index is 5.41. The van der Waals surface area contributed by atoms with Crippen LogP contribution in [0.5, 0.6) is 0 Å². The molecule has 0 unspecified atom stereocenters. The van der Waals surface area contributed by atoms with Crippen molar-refractivity contribution < 1.29 is 19.6 Å². The summed E-state index contributed by atoms with van der Waals surface area (Å²) in [5, 5.41) is 0. The summed E-state index contributed by atoms with van der Waals surface area (Å²) >= 11 is 0. The number of hydrogen-bond acceptors (Lipinski definition) is 4. The van der Waals surface area contributed by atoms with Crippen LogP contribution in [0.25, 0.3) is 0 Å². The van der Waals surface area contributed by atoms with E-state index < -0.39 is 6.29 Å². The van der Waals surface area contributed by atoms with E-state index in [1.54, 1.807) is 0 Å². The number of benzene rings is 1. The van der Waals surface area contributed by atoms with Crippen molar-refractivity contribution in [1.29, 1.82) is 0 Å². The molecule has 4 nitrogen and oxygen atoms in total. The van der Waals surface area contributed by atoms with Crippen molar-refractivity contribution in [2.24, 2.45) is 0 Å². The Hall–Kier alpha value is -0.940. The van der Waals surface area contributed by atoms with E-state index in [0.717, 1.165) is 25.7 Å². The lowest BCUT2D eigenvalue weighted by atomic mass is 10.1. The van der Waals surface area contributed by atoms with Crippen LogP contribution in [-0.4, -0.2) is 17.5 Å². The highest BCUT2D eigenvalue weighted by molar-refractivity contribution is 5.14. The van der Waals surface area contributed by atoms with Crippen molar-refractivity contribution >= 4 is 0 Å². The van der Waals surface area contributed by atoms with Crippen LogP contribution in [0.4, 0.5) is 0 Å². The van der Waals surface area contributed by atoms with Crippen molar-refractivity contribution in [1.82, 2.24) is 0 Å². The molecule has 0 aliphatic rings. The first kappa shape index (κ1) is 20.1. The maximum Gasteiger partial charge on any atom is 0.224 e. The second kappa shape index (κ2) is 9.38. The molecule has 1 rings (SSSR count). The largest absolute Gasteiger partial charge is 0.228 e. The second-order valence-corrected chi connectivity index (χ2v) is 7.74. The van der Waals surface area contributed by atoms with E-state index in [9.17, 15) is 0 Å². The molecule has 0 fully saturated rings. The van der Waals surface area contributed by atoms with Gasteiger partial charge in [0.05, 0.1) is 11.2 Å². The Kier molecular flexibility index (Phi) is 8.20. The van der Waals surface area contributed by atoms with E-state index in [0.29, 0.717) is 0 Å². The molecule has 0 N–H and O–H groups in total. The molecule has 0 heterocycles. The average molecular weight is 324 g/mol. The Bertz CT molecular complexity index is 399. The molecule has 0 saturated carbocycles. The fourth-order valence-electron chi connectivity index (χ4n) is 1.79. The lowest BCUT2D eigenvalue weighted by Crippen LogP contribution is -2.29. The van der Waals surface area contributed by atoms with Crippen molar-refractivity contribution in [3.8, 4) is 0 Å². The average Bonchev–Trinajstić information content (AvgIpc) is 2.44. The van der Waals surface area contributed by atoms with Gasteiger partial charge in [-0.25, -0.2) is 19.6 Å². The number of aryl methyl sites for hydroxylation is 1. The van der Waals surface area contributed by atoms with Gasteiger partial charge in [0, 0.05) is 6.42 Å². The van der Waals surface area contributed by atoms with Gasteiger partial charge in [-0.05, 0) is 66.4 Å². The summed E-state index contributed by atoms with van der Waals surface area (Å²) in [4.78, 5) is 21.5. The summed E-state index contributed by atoms with van der Waals surface area (Å²) < 4.78 is 0. The topological polar surface area (TPSA) is 36.9 Å². The Balaban J connectivity index is 2.35. The Morgan fingerprint density at radius 2 is 1.30 bits per heavy atom. The van der Waals surface area contributed by atoms with E-state index in [-0.39, 0.29) is 11.2 Å². The molecule has 4 heteroatoms. The summed E-state index contributed by atoms with van der Waals surface area (Å²) in [6.07, 6.45) is 3.29. The van der Waals surface area contributed by atoms with Gasteiger partial charge in [-0.3, -0.25) is 0 Å². The molecule has 1 aromatic rings. The number of hydrogen-bond donors (Lipinski definition) is 0. The molecule has 23 heavy (non-hydrogen) atoms. The van der Waals surface area contributed by atoms with E-state index in [4.69, 9.17) is 19.6 Å². The van der Waals surface area contributed by atoms with Gasteiger partial charge in [0.2, 0.25) is 6.29 Å². The van der Waals surface area contributed by atoms with Crippen molar-refractivity contribution in [3.63, 3.8) is 0 Å². The lowest BCUT2D eigenvalue weighted by Gasteiger charge is -2.25. The highest BCUT2D eigenvalue weighted by Gasteiger charge is 2.21. The number of unbranched alkanes of at least 4 members (excludes halogenated alkanes) is 1. The van der Waals surface area contributed by atoms with Gasteiger partial charge >= 0.3 is 0 Å². The van der Waals surface area contributed by atoms with Crippen LogP contribution in [0.2, 0.25) is 0 Å². The highest BCUT2D eigenvalue weighted by Crippen LogP contribution is 2.17. The van der Waals surface area contributed by atoms with Gasteiger partial charge in [0.15, 0.2) is 0 Å². The van der Waals surface area contributed by atoms with Gasteiger partial charge in [0.1, 0.15) is 0 Å². The summed E-state index contributed by atoms with van der Waals surface area (Å²) in [5.41, 5.74) is 0.587. The molecule has 0 atom stereocenters. The lowest BCUT2D eigenvalue weighted by molar-refractivity contribution is -0.497. The van der Waals surface area contributed by atoms with Crippen molar-refractivity contribution in [2.75, 3.05) is 0 Å². The summed E-state index contributed by atoms with van der Waals surface area (Å²) in [7, 11) is 0. The minimum Gasteiger partial charge on any atom is -0.228 e. The first-order valence-electron chi connectivity index (χ1n) is 8.39. The first-order chi connectivity index (χ1) is 10.7. The monoisotopic (exact) mass is 324 g/mol. The minimum absolute atomic E-state index is 0.382. The zero-order chi connectivity index (χ0) is 17.3. The third kappa shape index (κ3) is 11.3. The third-order valence-electron chi connectivity index (χ3n) is 2.81. The standard InChI is InChI=1S/C19H32O4/c1-18(2,3)22-20-17(21-23-19(4,5)6)15-11-10-14-16-12-8-7-9-13-16/h7-9,12-13,17H,10-11,14-15H2,1-6H3. The van der Waals surface area contributed by atoms with Crippen LogP contribution in [0.3, 0.4) is 0 Å². The Morgan fingerprint density at radius 3 is 1.78 bits per heavy atom. The zero-order valence-corrected chi connectivity index (χ0v) is 15.4. The summed E-state index contributed by atoms with van der Waals surface area (Å²) in [5.74, 6) is 0. The molecule has 0 aliphatic carbocycles. The SMILES string of the molecule is CC(C)(C)OOC(CCCCc1ccccc1)OOC(C)(C)C. The molecule has 0 aromatic heterocycles. The van der Waals surface area contributed by atoms with Crippen LogP contribution >= 0.6 is 0 Å². The van der Waals surface area contributed by atoms with Crippen LogP contribution < -0.4 is 0 Å². The molecule has 132 valence electrons. The van der Waals surface area contributed by atoms with Crippen LogP contribution in [0.15, 0.2) is 30.3 Å². The summed E-state index contributed by atoms with van der Waals surface area (Å²) in [6.45, 7) is 11.6. The van der Waals surface area contributed by atoms with Gasteiger partial charge in [-0.15, -0.1) is 0 Å². The van der Waals surface area contributed by atoms with Crippen molar-refractivity contribution in [2.45, 2.75) is 84.7 Å². The summed E-state index contributed by atoms with van der Waals surface area (Å²) in [6, 6.07) is 10.5. The number of rotatable bonds is 9. The predicted molar refractivity (Wildman–Crippen MR) is 91.6 cm³/mol. The molecule has 0 aliphatic heterocycles. The molecular formula is C19H32O4. The molecule has 0 amide bonds. The molecular weight excluding hydrogens is 292 g/mol. The van der Waals surface area contributed by atoms with Crippen LogP contribution in [0, 0.1) is 0 Å². The van der Waals surface area contributed by atoms with E-state index in [2.05, 4.69) is 24.3 Å². The first-order valence-corrected chi connectivity index (χ1v) is 8.39. The fraction of sp³-hybridized carbons (Fsp3) is 0.684. The third-order valence-corrected chi connectivity index (χ3v) is 2.81. The van der Waals surface area contributed by atoms with E-state index in [1.807, 2.05) is 47.6 Å². The smallest absolute Gasteiger partial charge is 0.224 e. The molecule has 0 saturated heterocycles. The van der Waals surface area contributed by atoms with Gasteiger partial charge in [-0.1, -0.05) is 30.3 Å². The van der Waals surface area contributed by atoms with Crippen LogP contribution in [-0.2, 0) is 26.0 Å². The normalized spacial score (nSPS) is 12.8. The molecule has 0 radical (unpaired) electrons. The van der Waals surface area contributed by atoms with Crippen molar-refractivity contribution in [3.05, 3.63) is 35.9 Å². The maximum absolute atomic E-state index is 5.41. The van der Waals surface area contributed by atoms with Gasteiger partial charge in [0.25, 0.3) is 0 Å². The quantitative estimate of drug-likeness (QED) is 0.270. The Labute approximate surface area is 140 Å². The van der Waals surface area contributed by atoms with E-state index >= 15 is 0 Å². The highest BCUT2D eigenvalue weighted by atomic mass is 17.3. The minimum atomic E-state index is -0.524. The second-order valence-electron chi connectivity index (χ2n) is 7.74. The molecule has 0 spiro atoms. The van der Waals surface area contributed by atoms with Crippen LogP contribution in [0.1, 0.15) is 66.4 Å². The van der Waals surface area contributed by atoms with Gasteiger partial charge in [-0.2, -0.15) is 0 Å². The Morgan fingerprint density at radius 1 is 0.783 bits per heavy atom. The molecule has 1 aromatic carbocycles. The fourth-order valence-corrected chi connectivity index (χ4v) is 1.79. The van der Waals surface area contributed by atoms with Gasteiger partial charge < -0.3 is 0 Å². The van der Waals surface area contributed by atoms with E-state index in [1.165, 1.54) is 5.56 Å². The molecule has 0 bridgehead atoms. The zero-order valence-electron chi connectivity index (χ0n) is 15.4. The predicted octanol–water partition coefficient (Wildman–Crippen LogP) is 5.22.